The highest BCUT2D eigenvalue weighted by atomic mass is 16.5. The van der Waals surface area contributed by atoms with Crippen molar-refractivity contribution < 1.29 is 14.2 Å². The van der Waals surface area contributed by atoms with Crippen LogP contribution in [-0.4, -0.2) is 47.4 Å². The summed E-state index contributed by atoms with van der Waals surface area (Å²) in [6.45, 7) is 2.61. The zero-order chi connectivity index (χ0) is 20.6. The molecule has 1 aliphatic heterocycles. The predicted molar refractivity (Wildman–Crippen MR) is 118 cm³/mol. The van der Waals surface area contributed by atoms with Gasteiger partial charge in [-0.05, 0) is 17.7 Å². The molecule has 154 valence electrons. The molecule has 0 amide bonds. The van der Waals surface area contributed by atoms with Crippen LogP contribution in [0.25, 0.3) is 0 Å². The monoisotopic (exact) mass is 396 g/mol. The zero-order valence-electron chi connectivity index (χ0n) is 17.4. The van der Waals surface area contributed by atoms with E-state index in [9.17, 15) is 0 Å². The molecule has 0 saturated heterocycles. The Kier molecular flexibility index (Phi) is 6.84. The molecular weight excluding hydrogens is 368 g/mol. The van der Waals surface area contributed by atoms with Gasteiger partial charge in [-0.15, -0.1) is 0 Å². The number of nitrogens with zero attached hydrogens (tertiary/aromatic N) is 2. The maximum absolute atomic E-state index is 5.40. The van der Waals surface area contributed by atoms with Gasteiger partial charge in [0.05, 0.1) is 21.3 Å². The van der Waals surface area contributed by atoms with E-state index in [1.165, 1.54) is 11.3 Å². The summed E-state index contributed by atoms with van der Waals surface area (Å²) in [6, 6.07) is 12.2. The molecule has 7 nitrogen and oxygen atoms in total. The van der Waals surface area contributed by atoms with Crippen molar-refractivity contribution in [2.75, 3.05) is 51.7 Å². The fourth-order valence-electron chi connectivity index (χ4n) is 3.17. The summed E-state index contributed by atoms with van der Waals surface area (Å²) in [7, 11) is 6.50. The van der Waals surface area contributed by atoms with Crippen molar-refractivity contribution in [3.63, 3.8) is 0 Å². The Hall–Kier alpha value is -3.35. The minimum atomic E-state index is 0.553. The number of ether oxygens (including phenoxy) is 3. The third-order valence-electron chi connectivity index (χ3n) is 4.73. The molecule has 2 aromatic carbocycles. The minimum absolute atomic E-state index is 0.553. The Morgan fingerprint density at radius 1 is 0.966 bits per heavy atom. The van der Waals surface area contributed by atoms with Crippen molar-refractivity contribution >= 4 is 17.3 Å². The normalized spacial score (nSPS) is 13.4. The topological polar surface area (TPSA) is 67.4 Å². The first-order chi connectivity index (χ1) is 14.2. The molecule has 2 aromatic rings. The van der Waals surface area contributed by atoms with Gasteiger partial charge in [-0.3, -0.25) is 4.99 Å². The van der Waals surface area contributed by atoms with Crippen molar-refractivity contribution in [2.24, 2.45) is 4.99 Å². The highest BCUT2D eigenvalue weighted by Gasteiger charge is 2.14. The van der Waals surface area contributed by atoms with E-state index in [0.717, 1.165) is 18.8 Å². The van der Waals surface area contributed by atoms with Crippen LogP contribution in [0.5, 0.6) is 17.2 Å². The van der Waals surface area contributed by atoms with Crippen LogP contribution in [0.2, 0.25) is 0 Å². The molecule has 0 bridgehead atoms. The van der Waals surface area contributed by atoms with Crippen LogP contribution in [0.15, 0.2) is 53.5 Å². The molecule has 1 heterocycles. The van der Waals surface area contributed by atoms with Crippen LogP contribution in [0.4, 0.5) is 11.4 Å². The van der Waals surface area contributed by atoms with Gasteiger partial charge < -0.3 is 29.7 Å². The van der Waals surface area contributed by atoms with Crippen LogP contribution < -0.4 is 29.7 Å². The fourth-order valence-corrected chi connectivity index (χ4v) is 3.17. The summed E-state index contributed by atoms with van der Waals surface area (Å²) >= 11 is 0. The van der Waals surface area contributed by atoms with Crippen LogP contribution in [0.1, 0.15) is 5.56 Å². The Labute approximate surface area is 172 Å². The highest BCUT2D eigenvalue weighted by molar-refractivity contribution is 5.94. The summed E-state index contributed by atoms with van der Waals surface area (Å²) in [6.07, 6.45) is 4.38. The number of nitrogens with one attached hydrogen (secondary N) is 2. The van der Waals surface area contributed by atoms with E-state index in [2.05, 4.69) is 56.9 Å². The van der Waals surface area contributed by atoms with Gasteiger partial charge in [-0.1, -0.05) is 24.3 Å². The number of rotatable bonds is 7. The van der Waals surface area contributed by atoms with E-state index in [1.54, 1.807) is 28.4 Å². The summed E-state index contributed by atoms with van der Waals surface area (Å²) in [5, 5.41) is 6.59. The van der Waals surface area contributed by atoms with Crippen molar-refractivity contribution in [2.45, 2.75) is 6.54 Å². The van der Waals surface area contributed by atoms with Gasteiger partial charge in [0.1, 0.15) is 0 Å². The summed E-state index contributed by atoms with van der Waals surface area (Å²) in [5.41, 5.74) is 3.19. The molecule has 0 fully saturated rings. The van der Waals surface area contributed by atoms with E-state index in [1.807, 2.05) is 12.1 Å². The zero-order valence-corrected chi connectivity index (χ0v) is 17.4. The fraction of sp³-hybridized carbons (Fsp3) is 0.318. The second kappa shape index (κ2) is 9.73. The average Bonchev–Trinajstić information content (AvgIpc) is 3.31. The lowest BCUT2D eigenvalue weighted by atomic mass is 10.2. The van der Waals surface area contributed by atoms with Crippen LogP contribution >= 0.6 is 0 Å². The molecule has 0 aliphatic carbocycles. The molecule has 0 saturated carbocycles. The van der Waals surface area contributed by atoms with E-state index in [0.29, 0.717) is 29.8 Å². The Bertz CT molecular complexity index is 845. The maximum Gasteiger partial charge on any atom is 0.203 e. The molecule has 3 rings (SSSR count). The third kappa shape index (κ3) is 4.93. The molecule has 29 heavy (non-hydrogen) atoms. The largest absolute Gasteiger partial charge is 0.493 e. The number of hydrogen-bond donors (Lipinski definition) is 2. The van der Waals surface area contributed by atoms with Crippen molar-refractivity contribution in [3.8, 4) is 17.2 Å². The van der Waals surface area contributed by atoms with Crippen LogP contribution in [0, 0.1) is 0 Å². The van der Waals surface area contributed by atoms with Crippen molar-refractivity contribution in [1.29, 1.82) is 0 Å². The molecule has 0 aromatic heterocycles. The first kappa shape index (κ1) is 20.4. The molecule has 0 unspecified atom stereocenters. The van der Waals surface area contributed by atoms with E-state index in [-0.39, 0.29) is 0 Å². The van der Waals surface area contributed by atoms with E-state index < -0.39 is 0 Å². The van der Waals surface area contributed by atoms with Gasteiger partial charge in [0.25, 0.3) is 0 Å². The first-order valence-corrected chi connectivity index (χ1v) is 9.45. The molecule has 0 spiro atoms. The highest BCUT2D eigenvalue weighted by Crippen LogP contribution is 2.39. The second-order valence-electron chi connectivity index (χ2n) is 6.51. The quantitative estimate of drug-likeness (QED) is 0.425. The number of methoxy groups -OCH3 is 3. The van der Waals surface area contributed by atoms with E-state index in [4.69, 9.17) is 14.2 Å². The maximum atomic E-state index is 5.40. The number of guanidine groups is 1. The molecule has 7 heteroatoms. The van der Waals surface area contributed by atoms with Crippen LogP contribution in [0.3, 0.4) is 0 Å². The lowest BCUT2D eigenvalue weighted by Crippen LogP contribution is -2.30. The van der Waals surface area contributed by atoms with Gasteiger partial charge in [-0.2, -0.15) is 0 Å². The number of aliphatic imine (C=N–C) groups is 1. The van der Waals surface area contributed by atoms with Gasteiger partial charge >= 0.3 is 0 Å². The first-order valence-electron chi connectivity index (χ1n) is 9.45. The lowest BCUT2D eigenvalue weighted by Gasteiger charge is -2.18. The number of anilines is 2. The summed E-state index contributed by atoms with van der Waals surface area (Å²) in [5.74, 6) is 2.36. The standard InChI is InChI=1S/C22H28N4O3/c1-23-22(25-17-13-19(27-2)21(29-4)20(14-17)28-3)24-15-16-7-9-18(10-8-16)26-11-5-6-12-26/h5-10,13-14H,11-12,15H2,1-4H3,(H2,23,24,25). The van der Waals surface area contributed by atoms with Gasteiger partial charge in [0.2, 0.25) is 5.75 Å². The SMILES string of the molecule is CN=C(NCc1ccc(N2CC=CC2)cc1)Nc1cc(OC)c(OC)c(OC)c1. The lowest BCUT2D eigenvalue weighted by molar-refractivity contribution is 0.324. The molecule has 0 radical (unpaired) electrons. The van der Waals surface area contributed by atoms with Gasteiger partial charge in [-0.25, -0.2) is 0 Å². The van der Waals surface area contributed by atoms with Crippen LogP contribution in [-0.2, 0) is 6.54 Å². The third-order valence-corrected chi connectivity index (χ3v) is 4.73. The van der Waals surface area contributed by atoms with Gasteiger partial charge in [0.15, 0.2) is 17.5 Å². The molecule has 0 atom stereocenters. The molecule has 2 N–H and O–H groups in total. The number of hydrogen-bond acceptors (Lipinski definition) is 5. The van der Waals surface area contributed by atoms with Crippen molar-refractivity contribution in [1.82, 2.24) is 5.32 Å². The number of benzene rings is 2. The molecular formula is C22H28N4O3. The average molecular weight is 396 g/mol. The second-order valence-corrected chi connectivity index (χ2v) is 6.51. The molecule has 1 aliphatic rings. The van der Waals surface area contributed by atoms with Crippen molar-refractivity contribution in [3.05, 3.63) is 54.1 Å². The Balaban J connectivity index is 1.63. The minimum Gasteiger partial charge on any atom is -0.493 e. The Morgan fingerprint density at radius 3 is 2.10 bits per heavy atom. The Morgan fingerprint density at radius 2 is 1.59 bits per heavy atom. The summed E-state index contributed by atoms with van der Waals surface area (Å²) < 4.78 is 16.2. The summed E-state index contributed by atoms with van der Waals surface area (Å²) in [4.78, 5) is 6.62. The smallest absolute Gasteiger partial charge is 0.203 e. The predicted octanol–water partition coefficient (Wildman–Crippen LogP) is 3.28. The van der Waals surface area contributed by atoms with Gasteiger partial charge in [0, 0.05) is 50.2 Å². The van der Waals surface area contributed by atoms with E-state index >= 15 is 0 Å².